The van der Waals surface area contributed by atoms with Gasteiger partial charge in [-0.15, -0.1) is 0 Å². The number of hydrogen-bond acceptors (Lipinski definition) is 3. The van der Waals surface area contributed by atoms with Crippen molar-refractivity contribution in [2.75, 3.05) is 14.2 Å². The van der Waals surface area contributed by atoms with Gasteiger partial charge in [0.05, 0.1) is 19.7 Å². The van der Waals surface area contributed by atoms with Crippen LogP contribution in [0.3, 0.4) is 0 Å². The van der Waals surface area contributed by atoms with Crippen molar-refractivity contribution in [2.45, 2.75) is 0 Å². The fourth-order valence-corrected chi connectivity index (χ4v) is 3.00. The number of para-hydroxylation sites is 1. The van der Waals surface area contributed by atoms with Crippen molar-refractivity contribution in [1.82, 2.24) is 4.57 Å². The first-order valence-electron chi connectivity index (χ1n) is 6.68. The molecular formula is C17H14BrNO3. The first-order valence-corrected chi connectivity index (χ1v) is 7.47. The van der Waals surface area contributed by atoms with E-state index in [-0.39, 0.29) is 5.91 Å². The zero-order chi connectivity index (χ0) is 15.7. The molecular weight excluding hydrogens is 346 g/mol. The first kappa shape index (κ1) is 14.7. The highest BCUT2D eigenvalue weighted by Crippen LogP contribution is 2.29. The van der Waals surface area contributed by atoms with Gasteiger partial charge < -0.3 is 9.47 Å². The maximum atomic E-state index is 12.8. The second kappa shape index (κ2) is 5.85. The lowest BCUT2D eigenvalue weighted by molar-refractivity contribution is 0.0964. The Morgan fingerprint density at radius 1 is 1.05 bits per heavy atom. The van der Waals surface area contributed by atoms with Crippen molar-refractivity contribution >= 4 is 32.7 Å². The minimum Gasteiger partial charge on any atom is -0.493 e. The molecule has 3 rings (SSSR count). The van der Waals surface area contributed by atoms with Gasteiger partial charge in [-0.1, -0.05) is 12.1 Å². The third-order valence-electron chi connectivity index (χ3n) is 3.51. The van der Waals surface area contributed by atoms with Crippen molar-refractivity contribution in [3.63, 3.8) is 0 Å². The number of methoxy groups -OCH3 is 2. The van der Waals surface area contributed by atoms with Crippen LogP contribution in [0.4, 0.5) is 0 Å². The number of carbonyl (C=O) groups is 1. The van der Waals surface area contributed by atoms with E-state index in [1.165, 1.54) is 0 Å². The number of ether oxygens (including phenoxy) is 2. The molecule has 5 heteroatoms. The summed E-state index contributed by atoms with van der Waals surface area (Å²) in [6, 6.07) is 12.9. The van der Waals surface area contributed by atoms with Gasteiger partial charge in [0, 0.05) is 21.6 Å². The zero-order valence-electron chi connectivity index (χ0n) is 12.2. The number of rotatable bonds is 3. The Morgan fingerprint density at radius 3 is 2.55 bits per heavy atom. The second-order valence-corrected chi connectivity index (χ2v) is 5.59. The third-order valence-corrected chi connectivity index (χ3v) is 4.15. The van der Waals surface area contributed by atoms with Gasteiger partial charge in [-0.25, -0.2) is 0 Å². The average Bonchev–Trinajstić information content (AvgIpc) is 2.99. The normalized spacial score (nSPS) is 10.7. The number of aromatic nitrogens is 1. The lowest BCUT2D eigenvalue weighted by Crippen LogP contribution is -2.11. The summed E-state index contributed by atoms with van der Waals surface area (Å²) in [7, 11) is 3.11. The maximum absolute atomic E-state index is 12.8. The molecule has 4 nitrogen and oxygen atoms in total. The third kappa shape index (κ3) is 2.37. The van der Waals surface area contributed by atoms with Crippen molar-refractivity contribution in [2.24, 2.45) is 0 Å². The van der Waals surface area contributed by atoms with Gasteiger partial charge in [-0.3, -0.25) is 9.36 Å². The van der Waals surface area contributed by atoms with Gasteiger partial charge in [-0.2, -0.15) is 0 Å². The lowest BCUT2D eigenvalue weighted by atomic mass is 10.2. The number of benzene rings is 2. The van der Waals surface area contributed by atoms with Gasteiger partial charge in [0.1, 0.15) is 0 Å². The predicted octanol–water partition coefficient (Wildman–Crippen LogP) is 4.11. The molecule has 1 aromatic heterocycles. The van der Waals surface area contributed by atoms with E-state index in [1.807, 2.05) is 24.3 Å². The number of hydrogen-bond donors (Lipinski definition) is 0. The highest BCUT2D eigenvalue weighted by atomic mass is 79.9. The van der Waals surface area contributed by atoms with E-state index >= 15 is 0 Å². The van der Waals surface area contributed by atoms with Crippen LogP contribution in [0.25, 0.3) is 10.9 Å². The molecule has 112 valence electrons. The Bertz CT molecular complexity index is 854. The van der Waals surface area contributed by atoms with E-state index in [0.717, 1.165) is 15.4 Å². The largest absolute Gasteiger partial charge is 0.493 e. The number of halogens is 1. The van der Waals surface area contributed by atoms with Crippen LogP contribution in [0.1, 0.15) is 10.4 Å². The maximum Gasteiger partial charge on any atom is 0.262 e. The molecule has 22 heavy (non-hydrogen) atoms. The molecule has 0 saturated carbocycles. The second-order valence-electron chi connectivity index (χ2n) is 4.74. The lowest BCUT2D eigenvalue weighted by Gasteiger charge is -2.10. The Kier molecular flexibility index (Phi) is 3.90. The van der Waals surface area contributed by atoms with Crippen LogP contribution in [0.2, 0.25) is 0 Å². The summed E-state index contributed by atoms with van der Waals surface area (Å²) in [6.45, 7) is 0. The van der Waals surface area contributed by atoms with E-state index in [9.17, 15) is 4.79 Å². The van der Waals surface area contributed by atoms with Crippen LogP contribution in [0, 0.1) is 0 Å². The summed E-state index contributed by atoms with van der Waals surface area (Å²) < 4.78 is 13.0. The molecule has 0 aliphatic heterocycles. The molecule has 0 saturated heterocycles. The van der Waals surface area contributed by atoms with Gasteiger partial charge in [0.2, 0.25) is 0 Å². The standard InChI is InChI=1S/C17H14BrNO3/c1-21-14-7-6-12(10-15(14)22-2)17(20)19-9-8-11-4-3-5-13(18)16(11)19/h3-10H,1-2H3. The summed E-state index contributed by atoms with van der Waals surface area (Å²) >= 11 is 3.50. The summed E-state index contributed by atoms with van der Waals surface area (Å²) in [5, 5.41) is 1.00. The van der Waals surface area contributed by atoms with Gasteiger partial charge in [0.25, 0.3) is 5.91 Å². The Balaban J connectivity index is 2.10. The van der Waals surface area contributed by atoms with Crippen LogP contribution in [-0.2, 0) is 0 Å². The minimum atomic E-state index is -0.122. The van der Waals surface area contributed by atoms with E-state index in [0.29, 0.717) is 17.1 Å². The molecule has 0 amide bonds. The Hall–Kier alpha value is -2.27. The van der Waals surface area contributed by atoms with Crippen molar-refractivity contribution in [3.05, 3.63) is 58.7 Å². The molecule has 0 unspecified atom stereocenters. The molecule has 0 aliphatic carbocycles. The molecule has 3 aromatic rings. The number of carbonyl (C=O) groups excluding carboxylic acids is 1. The molecule has 0 N–H and O–H groups in total. The highest BCUT2D eigenvalue weighted by molar-refractivity contribution is 9.10. The minimum absolute atomic E-state index is 0.122. The molecule has 0 radical (unpaired) electrons. The van der Waals surface area contributed by atoms with Gasteiger partial charge >= 0.3 is 0 Å². The quantitative estimate of drug-likeness (QED) is 0.706. The van der Waals surface area contributed by atoms with E-state index < -0.39 is 0 Å². The van der Waals surface area contributed by atoms with Crippen molar-refractivity contribution < 1.29 is 14.3 Å². The van der Waals surface area contributed by atoms with Crippen LogP contribution in [0.5, 0.6) is 11.5 Å². The van der Waals surface area contributed by atoms with Crippen LogP contribution >= 0.6 is 15.9 Å². The fraction of sp³-hybridized carbons (Fsp3) is 0.118. The van der Waals surface area contributed by atoms with E-state index in [2.05, 4.69) is 15.9 Å². The Labute approximate surface area is 136 Å². The van der Waals surface area contributed by atoms with Crippen molar-refractivity contribution in [1.29, 1.82) is 0 Å². The topological polar surface area (TPSA) is 40.5 Å². The van der Waals surface area contributed by atoms with E-state index in [1.54, 1.807) is 43.2 Å². The zero-order valence-corrected chi connectivity index (χ0v) is 13.8. The summed E-state index contributed by atoms with van der Waals surface area (Å²) in [5.41, 5.74) is 1.38. The molecule has 1 heterocycles. The van der Waals surface area contributed by atoms with Crippen LogP contribution < -0.4 is 9.47 Å². The summed E-state index contributed by atoms with van der Waals surface area (Å²) in [4.78, 5) is 12.8. The van der Waals surface area contributed by atoms with Crippen molar-refractivity contribution in [3.8, 4) is 11.5 Å². The smallest absolute Gasteiger partial charge is 0.262 e. The molecule has 2 aromatic carbocycles. The monoisotopic (exact) mass is 359 g/mol. The first-order chi connectivity index (χ1) is 10.7. The van der Waals surface area contributed by atoms with Gasteiger partial charge in [-0.05, 0) is 46.3 Å². The van der Waals surface area contributed by atoms with Gasteiger partial charge in [0.15, 0.2) is 11.5 Å². The summed E-state index contributed by atoms with van der Waals surface area (Å²) in [6.07, 6.45) is 1.77. The number of nitrogens with zero attached hydrogens (tertiary/aromatic N) is 1. The predicted molar refractivity (Wildman–Crippen MR) is 88.9 cm³/mol. The SMILES string of the molecule is COc1ccc(C(=O)n2ccc3cccc(Br)c32)cc1OC. The Morgan fingerprint density at radius 2 is 1.82 bits per heavy atom. The highest BCUT2D eigenvalue weighted by Gasteiger charge is 2.15. The number of fused-ring (bicyclic) bond motifs is 1. The molecule has 0 atom stereocenters. The van der Waals surface area contributed by atoms with Crippen LogP contribution in [0.15, 0.2) is 53.1 Å². The fourth-order valence-electron chi connectivity index (χ4n) is 2.43. The van der Waals surface area contributed by atoms with Crippen LogP contribution in [-0.4, -0.2) is 24.7 Å². The molecule has 0 aliphatic rings. The summed E-state index contributed by atoms with van der Waals surface area (Å²) in [5.74, 6) is 1.00. The van der Waals surface area contributed by atoms with E-state index in [4.69, 9.17) is 9.47 Å². The molecule has 0 bridgehead atoms. The average molecular weight is 360 g/mol. The molecule has 0 fully saturated rings. The molecule has 0 spiro atoms.